The van der Waals surface area contributed by atoms with Gasteiger partial charge in [-0.1, -0.05) is 55.5 Å². The normalized spacial score (nSPS) is 11.0. The molecule has 2 aromatic carbocycles. The van der Waals surface area contributed by atoms with Crippen LogP contribution >= 0.6 is 11.3 Å². The van der Waals surface area contributed by atoms with Crippen molar-refractivity contribution >= 4 is 33.6 Å². The summed E-state index contributed by atoms with van der Waals surface area (Å²) in [5, 5.41) is 8.48. The Bertz CT molecular complexity index is 1030. The van der Waals surface area contributed by atoms with Crippen LogP contribution in [0.2, 0.25) is 0 Å². The highest BCUT2D eigenvalue weighted by molar-refractivity contribution is 7.20. The van der Waals surface area contributed by atoms with E-state index in [0.29, 0.717) is 27.3 Å². The van der Waals surface area contributed by atoms with Gasteiger partial charge in [0.1, 0.15) is 22.2 Å². The number of benzene rings is 2. The van der Waals surface area contributed by atoms with Gasteiger partial charge in [-0.15, -0.1) is 0 Å². The van der Waals surface area contributed by atoms with Crippen LogP contribution in [0.3, 0.4) is 0 Å². The molecule has 8 heteroatoms. The van der Waals surface area contributed by atoms with Gasteiger partial charge in [-0.05, 0) is 12.1 Å². The number of thiazole rings is 1. The fourth-order valence-electron chi connectivity index (χ4n) is 2.58. The van der Waals surface area contributed by atoms with Gasteiger partial charge < -0.3 is 14.8 Å². The summed E-state index contributed by atoms with van der Waals surface area (Å²) in [7, 11) is 3.20. The van der Waals surface area contributed by atoms with Gasteiger partial charge in [0.2, 0.25) is 11.0 Å². The average Bonchev–Trinajstić information content (AvgIpc) is 3.16. The Morgan fingerprint density at radius 3 is 2.57 bits per heavy atom. The Morgan fingerprint density at radius 2 is 1.90 bits per heavy atom. The van der Waals surface area contributed by atoms with Gasteiger partial charge in [0.05, 0.1) is 20.4 Å². The number of ether oxygens (including phenoxy) is 2. The summed E-state index contributed by atoms with van der Waals surface area (Å²) in [5.41, 5.74) is 5.36. The van der Waals surface area contributed by atoms with E-state index in [9.17, 15) is 4.79 Å². The maximum Gasteiger partial charge on any atom is 0.227 e. The number of methoxy groups -OCH3 is 2. The molecule has 3 rings (SSSR count). The van der Waals surface area contributed by atoms with E-state index in [2.05, 4.69) is 20.8 Å². The summed E-state index contributed by atoms with van der Waals surface area (Å²) in [5.74, 6) is 1.16. The molecule has 3 aromatic rings. The molecule has 7 nitrogen and oxygen atoms in total. The van der Waals surface area contributed by atoms with Gasteiger partial charge in [0, 0.05) is 23.1 Å². The largest absolute Gasteiger partial charge is 0.497 e. The molecule has 1 heterocycles. The van der Waals surface area contributed by atoms with E-state index in [0.717, 1.165) is 11.1 Å². The molecular weight excluding hydrogens is 400 g/mol. The fourth-order valence-corrected chi connectivity index (χ4v) is 3.42. The number of rotatable bonds is 8. The van der Waals surface area contributed by atoms with Crippen LogP contribution in [-0.4, -0.2) is 31.3 Å². The summed E-state index contributed by atoms with van der Waals surface area (Å²) in [4.78, 5) is 16.8. The van der Waals surface area contributed by atoms with Crippen LogP contribution in [0.4, 0.5) is 10.1 Å². The molecule has 0 atom stereocenters. The number of nitrogens with one attached hydrogen (secondary N) is 2. The van der Waals surface area contributed by atoms with E-state index in [4.69, 9.17) is 9.47 Å². The molecule has 0 unspecified atom stereocenters. The Morgan fingerprint density at radius 1 is 1.13 bits per heavy atom. The first kappa shape index (κ1) is 21.3. The maximum absolute atomic E-state index is 12.2. The summed E-state index contributed by atoms with van der Waals surface area (Å²) in [6.45, 7) is 3.70. The number of hydrazone groups is 1. The summed E-state index contributed by atoms with van der Waals surface area (Å²) < 4.78 is 10.6. The van der Waals surface area contributed by atoms with Gasteiger partial charge in [0.15, 0.2) is 0 Å². The lowest BCUT2D eigenvalue weighted by Crippen LogP contribution is -2.17. The molecule has 0 radical (unpaired) electrons. The zero-order valence-corrected chi connectivity index (χ0v) is 18.1. The van der Waals surface area contributed by atoms with Crippen LogP contribution in [-0.2, 0) is 4.79 Å². The highest BCUT2D eigenvalue weighted by Crippen LogP contribution is 2.36. The van der Waals surface area contributed by atoms with Crippen molar-refractivity contribution < 1.29 is 14.3 Å². The second-order valence-electron chi connectivity index (χ2n) is 6.68. The molecule has 0 bridgehead atoms. The second kappa shape index (κ2) is 9.89. The third-order valence-corrected chi connectivity index (χ3v) is 5.12. The van der Waals surface area contributed by atoms with Gasteiger partial charge in [-0.25, -0.2) is 4.98 Å². The molecule has 2 N–H and O–H groups in total. The number of carbonyl (C=O) groups excluding carboxylic acids is 1. The lowest BCUT2D eigenvalue weighted by atomic mass is 10.1. The molecule has 0 aliphatic heterocycles. The molecule has 30 heavy (non-hydrogen) atoms. The third-order valence-electron chi connectivity index (χ3n) is 4.24. The van der Waals surface area contributed by atoms with Crippen molar-refractivity contribution in [3.63, 3.8) is 0 Å². The number of carbonyl (C=O) groups is 1. The summed E-state index contributed by atoms with van der Waals surface area (Å²) in [6.07, 6.45) is 1.65. The van der Waals surface area contributed by atoms with Crippen LogP contribution in [0.25, 0.3) is 11.3 Å². The van der Waals surface area contributed by atoms with E-state index >= 15 is 0 Å². The predicted octanol–water partition coefficient (Wildman–Crippen LogP) is 4.87. The van der Waals surface area contributed by atoms with Crippen LogP contribution in [0.1, 0.15) is 19.4 Å². The molecular formula is C22H24N4O3S. The molecule has 0 saturated heterocycles. The second-order valence-corrected chi connectivity index (χ2v) is 7.68. The summed E-state index contributed by atoms with van der Waals surface area (Å²) >= 11 is 1.33. The van der Waals surface area contributed by atoms with Gasteiger partial charge in [-0.2, -0.15) is 5.10 Å². The molecule has 0 aliphatic carbocycles. The van der Waals surface area contributed by atoms with Crippen molar-refractivity contribution in [2.45, 2.75) is 13.8 Å². The number of hydrogen-bond donors (Lipinski definition) is 2. The molecule has 0 spiro atoms. The van der Waals surface area contributed by atoms with Crippen LogP contribution in [0.15, 0.2) is 53.6 Å². The lowest BCUT2D eigenvalue weighted by molar-refractivity contribution is -0.118. The zero-order valence-electron chi connectivity index (χ0n) is 17.3. The van der Waals surface area contributed by atoms with E-state index in [1.165, 1.54) is 11.3 Å². The average molecular weight is 425 g/mol. The quantitative estimate of drug-likeness (QED) is 0.398. The van der Waals surface area contributed by atoms with E-state index in [1.807, 2.05) is 56.3 Å². The smallest absolute Gasteiger partial charge is 0.227 e. The number of nitrogens with zero attached hydrogens (tertiary/aromatic N) is 2. The standard InChI is InChI=1S/C22H24N4O3S/c1-14(2)20(27)25-21-19(15-8-6-5-7-9-15)24-22(30-21)26-23-13-16-10-11-17(28-3)12-18(16)29-4/h5-14H,1-4H3,(H,24,26)(H,25,27)/b23-13+. The molecule has 0 fully saturated rings. The molecule has 1 amide bonds. The van der Waals surface area contributed by atoms with Crippen molar-refractivity contribution in [1.29, 1.82) is 0 Å². The Balaban J connectivity index is 1.83. The summed E-state index contributed by atoms with van der Waals surface area (Å²) in [6, 6.07) is 15.2. The highest BCUT2D eigenvalue weighted by atomic mass is 32.1. The molecule has 0 saturated carbocycles. The molecule has 0 aliphatic rings. The van der Waals surface area contributed by atoms with Crippen LogP contribution in [0, 0.1) is 5.92 Å². The molecule has 156 valence electrons. The number of amides is 1. The monoisotopic (exact) mass is 424 g/mol. The Kier molecular flexibility index (Phi) is 7.03. The first-order valence-electron chi connectivity index (χ1n) is 9.40. The molecule has 1 aromatic heterocycles. The third kappa shape index (κ3) is 5.15. The van der Waals surface area contributed by atoms with Crippen molar-refractivity contribution in [2.75, 3.05) is 25.0 Å². The highest BCUT2D eigenvalue weighted by Gasteiger charge is 2.17. The fraction of sp³-hybridized carbons (Fsp3) is 0.227. The van der Waals surface area contributed by atoms with Gasteiger partial charge in [0.25, 0.3) is 0 Å². The minimum absolute atomic E-state index is 0.0612. The van der Waals surface area contributed by atoms with E-state index in [-0.39, 0.29) is 11.8 Å². The zero-order chi connectivity index (χ0) is 21.5. The topological polar surface area (TPSA) is 84.8 Å². The van der Waals surface area contributed by atoms with Gasteiger partial charge in [-0.3, -0.25) is 10.2 Å². The maximum atomic E-state index is 12.2. The first-order chi connectivity index (χ1) is 14.5. The van der Waals surface area contributed by atoms with Crippen molar-refractivity contribution in [3.05, 3.63) is 54.1 Å². The van der Waals surface area contributed by atoms with Gasteiger partial charge >= 0.3 is 0 Å². The van der Waals surface area contributed by atoms with Crippen molar-refractivity contribution in [2.24, 2.45) is 11.0 Å². The number of aromatic nitrogens is 1. The lowest BCUT2D eigenvalue weighted by Gasteiger charge is -2.07. The SMILES string of the molecule is COc1ccc(/C=N/Nc2nc(-c3ccccc3)c(NC(=O)C(C)C)s2)c(OC)c1. The Labute approximate surface area is 179 Å². The van der Waals surface area contributed by atoms with Crippen LogP contribution in [0.5, 0.6) is 11.5 Å². The van der Waals surface area contributed by atoms with Crippen LogP contribution < -0.4 is 20.2 Å². The Hall–Kier alpha value is -3.39. The number of hydrogen-bond acceptors (Lipinski definition) is 7. The van der Waals surface area contributed by atoms with E-state index < -0.39 is 0 Å². The minimum Gasteiger partial charge on any atom is -0.497 e. The van der Waals surface area contributed by atoms with Crippen molar-refractivity contribution in [1.82, 2.24) is 4.98 Å². The number of anilines is 2. The first-order valence-corrected chi connectivity index (χ1v) is 10.2. The van der Waals surface area contributed by atoms with Crippen molar-refractivity contribution in [3.8, 4) is 22.8 Å². The van der Waals surface area contributed by atoms with E-state index in [1.54, 1.807) is 26.5 Å². The predicted molar refractivity (Wildman–Crippen MR) is 122 cm³/mol. The minimum atomic E-state index is -0.132.